The molecule has 0 atom stereocenters. The van der Waals surface area contributed by atoms with Crippen molar-refractivity contribution < 1.29 is 30.0 Å². The van der Waals surface area contributed by atoms with Crippen molar-refractivity contribution in [3.05, 3.63) is 89.8 Å². The third-order valence-electron chi connectivity index (χ3n) is 11.3. The second-order valence-corrected chi connectivity index (χ2v) is 17.8. The van der Waals surface area contributed by atoms with Gasteiger partial charge in [0, 0.05) is 68.6 Å². The molecule has 0 amide bonds. The minimum atomic E-state index is -0.337. The van der Waals surface area contributed by atoms with Gasteiger partial charge in [0.1, 0.15) is 5.76 Å². The van der Waals surface area contributed by atoms with Gasteiger partial charge in [0.15, 0.2) is 5.78 Å². The molecule has 0 unspecified atom stereocenters. The Morgan fingerprint density at radius 2 is 1.51 bits per heavy atom. The zero-order valence-electron chi connectivity index (χ0n) is 34.0. The Morgan fingerprint density at radius 1 is 0.906 bits per heavy atom. The quantitative estimate of drug-likeness (QED) is 0.0601. The molecule has 287 valence electrons. The molecule has 0 saturated heterocycles. The van der Waals surface area contributed by atoms with Gasteiger partial charge < -0.3 is 5.11 Å². The van der Waals surface area contributed by atoms with E-state index in [0.717, 1.165) is 53.6 Å². The van der Waals surface area contributed by atoms with E-state index in [-0.39, 0.29) is 47.9 Å². The second-order valence-electron chi connectivity index (χ2n) is 16.2. The first-order valence-corrected chi connectivity index (χ1v) is 20.3. The number of aliphatic hydroxyl groups is 1. The van der Waals surface area contributed by atoms with E-state index in [2.05, 4.69) is 102 Å². The number of fused-ring (bicyclic) bond motifs is 4. The fraction of sp³-hybridized carbons (Fsp3) is 0.447. The topological polar surface area (TPSA) is 50.2 Å². The number of thiophene rings is 1. The largest absolute Gasteiger partial charge is 0.512 e. The number of hydrogen-bond donors (Lipinski definition) is 2. The van der Waals surface area contributed by atoms with Gasteiger partial charge in [-0.15, -0.1) is 53.1 Å². The molecule has 1 N–H and O–H groups in total. The fourth-order valence-corrected chi connectivity index (χ4v) is 8.23. The molecule has 1 radical (unpaired) electrons. The van der Waals surface area contributed by atoms with Crippen molar-refractivity contribution in [2.45, 2.75) is 125 Å². The summed E-state index contributed by atoms with van der Waals surface area (Å²) in [5.41, 5.74) is 5.39. The second kappa shape index (κ2) is 18.2. The molecule has 0 bridgehead atoms. The number of carbonyl (C=O) groups excluding carboxylic acids is 1. The van der Waals surface area contributed by atoms with Gasteiger partial charge in [0.25, 0.3) is 0 Å². The average Bonchev–Trinajstić information content (AvgIpc) is 3.51. The standard InChI is InChI=1S/C32H32NS2.C15H28O2.Ir/c1-7-20(16-19(2)3)28-25(34)12-13-26-29(28)30-27(35-26)14-15-33-31(30)22-17-21-10-8-9-11-23(21)24(18-22)32(4,5)6;1-7-14(5,8-2)12(16)11-13(17)15(6,9-3)10-4;/h7-15,18-19,34H,16H2,1-6H3;11,16H,7-10H2,1-6H3;/q-1;;/b20-7+;12-11-;. The van der Waals surface area contributed by atoms with Crippen molar-refractivity contribution in [3.63, 3.8) is 0 Å². The van der Waals surface area contributed by atoms with Gasteiger partial charge in [0.2, 0.25) is 0 Å². The first-order chi connectivity index (χ1) is 24.5. The monoisotopic (exact) mass is 927 g/mol. The molecule has 2 aromatic heterocycles. The molecule has 5 rings (SSSR count). The molecule has 3 nitrogen and oxygen atoms in total. The van der Waals surface area contributed by atoms with Gasteiger partial charge in [0.05, 0.1) is 0 Å². The summed E-state index contributed by atoms with van der Waals surface area (Å²) in [4.78, 5) is 18.2. The van der Waals surface area contributed by atoms with Crippen LogP contribution in [0, 0.1) is 22.8 Å². The van der Waals surface area contributed by atoms with Crippen molar-refractivity contribution in [2.75, 3.05) is 0 Å². The Labute approximate surface area is 342 Å². The molecule has 6 heteroatoms. The summed E-state index contributed by atoms with van der Waals surface area (Å²) in [5, 5.41) is 15.0. The Kier molecular flexibility index (Phi) is 15.4. The predicted octanol–water partition coefficient (Wildman–Crippen LogP) is 14.8. The van der Waals surface area contributed by atoms with Crippen molar-refractivity contribution in [1.82, 2.24) is 4.98 Å². The molecule has 53 heavy (non-hydrogen) atoms. The van der Waals surface area contributed by atoms with Gasteiger partial charge in [-0.1, -0.05) is 111 Å². The first-order valence-electron chi connectivity index (χ1n) is 19.1. The minimum Gasteiger partial charge on any atom is -0.512 e. The molecule has 0 aliphatic carbocycles. The summed E-state index contributed by atoms with van der Waals surface area (Å²) in [5.74, 6) is 0.851. The third-order valence-corrected chi connectivity index (χ3v) is 12.8. The molecular weight excluding hydrogens is 867 g/mol. The number of rotatable bonds is 11. The maximum absolute atomic E-state index is 12.2. The number of allylic oxidation sites excluding steroid dienone is 4. The number of nitrogens with zero attached hydrogens (tertiary/aromatic N) is 1. The van der Waals surface area contributed by atoms with Crippen molar-refractivity contribution in [1.29, 1.82) is 0 Å². The molecule has 0 saturated carbocycles. The van der Waals surface area contributed by atoms with E-state index in [1.165, 1.54) is 48.3 Å². The van der Waals surface area contributed by atoms with Crippen LogP contribution in [-0.2, 0) is 30.3 Å². The van der Waals surface area contributed by atoms with Crippen LogP contribution in [0.2, 0.25) is 0 Å². The van der Waals surface area contributed by atoms with Crippen LogP contribution in [0.4, 0.5) is 0 Å². The number of aliphatic hydroxyl groups excluding tert-OH is 1. The predicted molar refractivity (Wildman–Crippen MR) is 231 cm³/mol. The molecule has 5 aromatic rings. The molecule has 0 fully saturated rings. The van der Waals surface area contributed by atoms with Crippen molar-refractivity contribution in [2.24, 2.45) is 16.7 Å². The molecule has 0 spiro atoms. The summed E-state index contributed by atoms with van der Waals surface area (Å²) in [7, 11) is 0. The molecule has 3 aromatic carbocycles. The van der Waals surface area contributed by atoms with Gasteiger partial charge in [-0.2, -0.15) is 0 Å². The van der Waals surface area contributed by atoms with Crippen molar-refractivity contribution >= 4 is 66.3 Å². The van der Waals surface area contributed by atoms with Gasteiger partial charge in [-0.3, -0.25) is 9.78 Å². The van der Waals surface area contributed by atoms with Crippen LogP contribution in [-0.4, -0.2) is 15.9 Å². The van der Waals surface area contributed by atoms with Crippen LogP contribution in [0.3, 0.4) is 0 Å². The number of aromatic nitrogens is 1. The van der Waals surface area contributed by atoms with Gasteiger partial charge >= 0.3 is 0 Å². The van der Waals surface area contributed by atoms with E-state index in [1.54, 1.807) is 0 Å². The summed E-state index contributed by atoms with van der Waals surface area (Å²) < 4.78 is 2.53. The number of hydrogen-bond acceptors (Lipinski definition) is 5. The summed E-state index contributed by atoms with van der Waals surface area (Å²) in [6.45, 7) is 25.6. The fourth-order valence-electron chi connectivity index (χ4n) is 6.79. The van der Waals surface area contributed by atoms with Crippen LogP contribution < -0.4 is 0 Å². The maximum Gasteiger partial charge on any atom is 0.164 e. The van der Waals surface area contributed by atoms with E-state index < -0.39 is 0 Å². The summed E-state index contributed by atoms with van der Waals surface area (Å²) >= 11 is 6.79. The third kappa shape index (κ3) is 9.55. The molecule has 2 heterocycles. The van der Waals surface area contributed by atoms with Crippen LogP contribution in [0.5, 0.6) is 0 Å². The number of carbonyl (C=O) groups is 1. The smallest absolute Gasteiger partial charge is 0.164 e. The van der Waals surface area contributed by atoms with E-state index in [4.69, 9.17) is 17.6 Å². The average molecular weight is 927 g/mol. The number of pyridine rings is 1. The molecule has 0 aliphatic rings. The Balaban J connectivity index is 0.000000359. The number of benzene rings is 3. The van der Waals surface area contributed by atoms with E-state index in [0.29, 0.717) is 5.92 Å². The SMILES string of the molecule is C/C=C(\CC(C)C)c1c(S)ccc2sc3ccnc(-c4[c-]c5ccccc5c(C(C)(C)C)c4)c3c12.CCC(C)(CC)C(=O)/C=C(\O)C(C)(CC)CC.[Ir]. The van der Waals surface area contributed by atoms with Crippen LogP contribution >= 0.6 is 24.0 Å². The summed E-state index contributed by atoms with van der Waals surface area (Å²) in [6, 6.07) is 21.1. The van der Waals surface area contributed by atoms with E-state index in [9.17, 15) is 9.90 Å². The van der Waals surface area contributed by atoms with Gasteiger partial charge in [-0.05, 0) is 85.1 Å². The van der Waals surface area contributed by atoms with Crippen LogP contribution in [0.15, 0.2) is 77.5 Å². The number of thiol groups is 1. The Morgan fingerprint density at radius 3 is 2.08 bits per heavy atom. The van der Waals surface area contributed by atoms with Crippen LogP contribution in [0.25, 0.3) is 47.8 Å². The number of ketones is 1. The maximum atomic E-state index is 12.2. The van der Waals surface area contributed by atoms with E-state index in [1.807, 2.05) is 59.1 Å². The minimum absolute atomic E-state index is 0. The van der Waals surface area contributed by atoms with Crippen molar-refractivity contribution in [3.8, 4) is 11.3 Å². The first kappa shape index (κ1) is 44.6. The zero-order chi connectivity index (χ0) is 38.6. The zero-order valence-corrected chi connectivity index (χ0v) is 38.1. The Hall–Kier alpha value is -2.76. The van der Waals surface area contributed by atoms with Crippen LogP contribution in [0.1, 0.15) is 126 Å². The Bertz CT molecular complexity index is 2110. The molecule has 0 aliphatic heterocycles. The normalized spacial score (nSPS) is 13.0. The summed E-state index contributed by atoms with van der Waals surface area (Å²) in [6.07, 6.45) is 9.98. The van der Waals surface area contributed by atoms with E-state index >= 15 is 0 Å². The molecular formula is C47H60IrNO2S2-. The van der Waals surface area contributed by atoms with Gasteiger partial charge in [-0.25, -0.2) is 0 Å².